The molecule has 1 N–H and O–H groups in total. The van der Waals surface area contributed by atoms with Crippen molar-refractivity contribution in [2.75, 3.05) is 7.11 Å². The summed E-state index contributed by atoms with van der Waals surface area (Å²) in [6.45, 7) is 0. The molecule has 0 aliphatic carbocycles. The van der Waals surface area contributed by atoms with Crippen LogP contribution in [0.3, 0.4) is 0 Å². The Hall–Kier alpha value is -1.59. The van der Waals surface area contributed by atoms with E-state index in [-0.39, 0.29) is 11.3 Å². The highest BCUT2D eigenvalue weighted by Gasteiger charge is 2.14. The fourth-order valence-electron chi connectivity index (χ4n) is 1.36. The Morgan fingerprint density at radius 2 is 2.29 bits per heavy atom. The summed E-state index contributed by atoms with van der Waals surface area (Å²) in [6, 6.07) is 5.02. The quantitative estimate of drug-likeness (QED) is 0.930. The molecular weight excluding hydrogens is 262 g/mol. The van der Waals surface area contributed by atoms with Gasteiger partial charge in [0.05, 0.1) is 28.2 Å². The van der Waals surface area contributed by atoms with Crippen molar-refractivity contribution < 1.29 is 14.6 Å². The highest BCUT2D eigenvalue weighted by atomic mass is 35.5. The van der Waals surface area contributed by atoms with E-state index in [1.807, 2.05) is 0 Å². The number of halogens is 1. The molecule has 0 fully saturated rings. The zero-order valence-electron chi connectivity index (χ0n) is 8.81. The van der Waals surface area contributed by atoms with Crippen molar-refractivity contribution in [1.82, 2.24) is 4.98 Å². The molecule has 0 unspecified atom stereocenters. The summed E-state index contributed by atoms with van der Waals surface area (Å²) >= 11 is 7.16. The lowest BCUT2D eigenvalue weighted by molar-refractivity contribution is 0.0693. The smallest absolute Gasteiger partial charge is 0.339 e. The standard InChI is InChI=1S/C11H8ClNO3S/c1-16-8-5-13-7(4-6(8)11(14)15)9-2-3-10(12)17-9/h2-5H,1H3,(H,14,15). The highest BCUT2D eigenvalue weighted by Crippen LogP contribution is 2.31. The minimum absolute atomic E-state index is 0.0852. The number of aromatic carboxylic acids is 1. The van der Waals surface area contributed by atoms with Crippen molar-refractivity contribution >= 4 is 28.9 Å². The molecule has 0 saturated carbocycles. The van der Waals surface area contributed by atoms with Crippen molar-refractivity contribution in [3.63, 3.8) is 0 Å². The molecule has 2 aromatic rings. The number of aromatic nitrogens is 1. The number of ether oxygens (including phenoxy) is 1. The molecule has 0 bridgehead atoms. The van der Waals surface area contributed by atoms with Gasteiger partial charge in [0.1, 0.15) is 5.56 Å². The van der Waals surface area contributed by atoms with Gasteiger partial charge in [-0.3, -0.25) is 4.98 Å². The Morgan fingerprint density at radius 3 is 2.82 bits per heavy atom. The fourth-order valence-corrected chi connectivity index (χ4v) is 2.37. The van der Waals surface area contributed by atoms with Gasteiger partial charge >= 0.3 is 5.97 Å². The molecule has 88 valence electrons. The van der Waals surface area contributed by atoms with E-state index in [0.29, 0.717) is 10.0 Å². The van der Waals surface area contributed by atoms with Crippen LogP contribution in [0.25, 0.3) is 10.6 Å². The summed E-state index contributed by atoms with van der Waals surface area (Å²) in [5.41, 5.74) is 0.655. The van der Waals surface area contributed by atoms with E-state index in [0.717, 1.165) is 4.88 Å². The summed E-state index contributed by atoms with van der Waals surface area (Å²) in [6.07, 6.45) is 1.40. The van der Waals surface area contributed by atoms with Crippen LogP contribution in [0.2, 0.25) is 4.34 Å². The molecule has 0 aliphatic heterocycles. The lowest BCUT2D eigenvalue weighted by Crippen LogP contribution is -2.01. The van der Waals surface area contributed by atoms with Crippen LogP contribution in [-0.4, -0.2) is 23.2 Å². The van der Waals surface area contributed by atoms with Gasteiger partial charge in [0, 0.05) is 0 Å². The van der Waals surface area contributed by atoms with E-state index < -0.39 is 5.97 Å². The third-order valence-corrected chi connectivity index (χ3v) is 3.40. The first-order valence-electron chi connectivity index (χ1n) is 4.65. The maximum absolute atomic E-state index is 11.0. The molecule has 17 heavy (non-hydrogen) atoms. The van der Waals surface area contributed by atoms with Crippen LogP contribution in [0.5, 0.6) is 5.75 Å². The molecule has 0 saturated heterocycles. The number of nitrogens with zero attached hydrogens (tertiary/aromatic N) is 1. The summed E-state index contributed by atoms with van der Waals surface area (Å²) < 4.78 is 5.57. The van der Waals surface area contributed by atoms with Crippen LogP contribution in [0, 0.1) is 0 Å². The Morgan fingerprint density at radius 1 is 1.53 bits per heavy atom. The van der Waals surface area contributed by atoms with Crippen LogP contribution >= 0.6 is 22.9 Å². The maximum Gasteiger partial charge on any atom is 0.339 e. The fraction of sp³-hybridized carbons (Fsp3) is 0.0909. The van der Waals surface area contributed by atoms with Crippen LogP contribution < -0.4 is 4.74 Å². The molecule has 0 aromatic carbocycles. The second kappa shape index (κ2) is 4.73. The average Bonchev–Trinajstić information content (AvgIpc) is 2.75. The van der Waals surface area contributed by atoms with Crippen molar-refractivity contribution in [3.05, 3.63) is 34.3 Å². The lowest BCUT2D eigenvalue weighted by Gasteiger charge is -2.05. The van der Waals surface area contributed by atoms with Gasteiger partial charge in [-0.25, -0.2) is 4.79 Å². The zero-order valence-corrected chi connectivity index (χ0v) is 10.4. The Balaban J connectivity index is 2.50. The second-order valence-corrected chi connectivity index (χ2v) is 4.89. The summed E-state index contributed by atoms with van der Waals surface area (Å²) in [7, 11) is 1.41. The summed E-state index contributed by atoms with van der Waals surface area (Å²) in [4.78, 5) is 16.0. The van der Waals surface area contributed by atoms with Crippen LogP contribution in [0.1, 0.15) is 10.4 Å². The minimum atomic E-state index is -1.05. The van der Waals surface area contributed by atoms with Gasteiger partial charge in [0.2, 0.25) is 0 Å². The molecular formula is C11H8ClNO3S. The first-order chi connectivity index (χ1) is 8.11. The molecule has 0 spiro atoms. The topological polar surface area (TPSA) is 59.4 Å². The predicted octanol–water partition coefficient (Wildman–Crippen LogP) is 3.17. The number of hydrogen-bond donors (Lipinski definition) is 1. The van der Waals surface area contributed by atoms with Crippen LogP contribution in [-0.2, 0) is 0 Å². The molecule has 2 rings (SSSR count). The number of rotatable bonds is 3. The average molecular weight is 270 g/mol. The van der Waals surface area contributed by atoms with E-state index in [1.165, 1.54) is 30.7 Å². The third-order valence-electron chi connectivity index (χ3n) is 2.14. The van der Waals surface area contributed by atoms with E-state index in [9.17, 15) is 4.79 Å². The van der Waals surface area contributed by atoms with Gasteiger partial charge < -0.3 is 9.84 Å². The molecule has 2 aromatic heterocycles. The SMILES string of the molecule is COc1cnc(-c2ccc(Cl)s2)cc1C(=O)O. The van der Waals surface area contributed by atoms with Gasteiger partial charge in [-0.1, -0.05) is 11.6 Å². The van der Waals surface area contributed by atoms with Gasteiger partial charge in [0.25, 0.3) is 0 Å². The normalized spacial score (nSPS) is 10.2. The number of carboxylic acids is 1. The molecule has 0 aliphatic rings. The zero-order chi connectivity index (χ0) is 12.4. The minimum Gasteiger partial charge on any atom is -0.494 e. The van der Waals surface area contributed by atoms with E-state index >= 15 is 0 Å². The Bertz CT molecular complexity index is 568. The number of methoxy groups -OCH3 is 1. The Kier molecular flexibility index (Phi) is 3.31. The molecule has 0 radical (unpaired) electrons. The Labute approximate surface area is 106 Å². The van der Waals surface area contributed by atoms with E-state index in [1.54, 1.807) is 12.1 Å². The van der Waals surface area contributed by atoms with Crippen LogP contribution in [0.15, 0.2) is 24.4 Å². The van der Waals surface area contributed by atoms with E-state index in [4.69, 9.17) is 21.4 Å². The number of pyridine rings is 1. The first-order valence-corrected chi connectivity index (χ1v) is 5.84. The maximum atomic E-state index is 11.0. The molecule has 6 heteroatoms. The van der Waals surface area contributed by atoms with Crippen molar-refractivity contribution in [3.8, 4) is 16.3 Å². The summed E-state index contributed by atoms with van der Waals surface area (Å²) in [5.74, 6) is -0.808. The van der Waals surface area contributed by atoms with E-state index in [2.05, 4.69) is 4.98 Å². The summed E-state index contributed by atoms with van der Waals surface area (Å²) in [5, 5.41) is 9.04. The van der Waals surface area contributed by atoms with Gasteiger partial charge in [-0.05, 0) is 18.2 Å². The molecule has 0 amide bonds. The molecule has 2 heterocycles. The monoisotopic (exact) mass is 269 g/mol. The van der Waals surface area contributed by atoms with Gasteiger partial charge in [-0.15, -0.1) is 11.3 Å². The second-order valence-electron chi connectivity index (χ2n) is 3.18. The largest absolute Gasteiger partial charge is 0.494 e. The van der Waals surface area contributed by atoms with Crippen LogP contribution in [0.4, 0.5) is 0 Å². The number of thiophene rings is 1. The predicted molar refractivity (Wildman–Crippen MR) is 66.1 cm³/mol. The molecule has 4 nitrogen and oxygen atoms in total. The van der Waals surface area contributed by atoms with Gasteiger partial charge in [-0.2, -0.15) is 0 Å². The van der Waals surface area contributed by atoms with Crippen molar-refractivity contribution in [2.45, 2.75) is 0 Å². The number of hydrogen-bond acceptors (Lipinski definition) is 4. The van der Waals surface area contributed by atoms with Crippen molar-refractivity contribution in [1.29, 1.82) is 0 Å². The third kappa shape index (κ3) is 2.40. The lowest BCUT2D eigenvalue weighted by atomic mass is 10.2. The highest BCUT2D eigenvalue weighted by molar-refractivity contribution is 7.19. The molecule has 0 atom stereocenters. The number of carbonyl (C=O) groups is 1. The van der Waals surface area contributed by atoms with Crippen molar-refractivity contribution in [2.24, 2.45) is 0 Å². The van der Waals surface area contributed by atoms with Gasteiger partial charge in [0.15, 0.2) is 5.75 Å². The first kappa shape index (κ1) is 11.9. The number of carboxylic acid groups (broad SMARTS) is 1.